The van der Waals surface area contributed by atoms with Crippen LogP contribution in [0.3, 0.4) is 0 Å². The molecule has 5 N–H and O–H groups in total. The first-order valence-electron chi connectivity index (χ1n) is 15.1. The molecule has 3 heterocycles. The highest BCUT2D eigenvalue weighted by Gasteiger charge is 2.57. The summed E-state index contributed by atoms with van der Waals surface area (Å²) in [5.41, 5.74) is 0.725. The van der Waals surface area contributed by atoms with E-state index in [1.165, 1.54) is 0 Å². The van der Waals surface area contributed by atoms with Gasteiger partial charge in [0.05, 0.1) is 42.5 Å². The largest absolute Gasteiger partial charge is 0.479 e. The summed E-state index contributed by atoms with van der Waals surface area (Å²) in [6.07, 6.45) is -2.41. The van der Waals surface area contributed by atoms with Crippen LogP contribution in [0.25, 0.3) is 0 Å². The maximum atomic E-state index is 12.6. The summed E-state index contributed by atoms with van der Waals surface area (Å²) in [7, 11) is 1.60. The lowest BCUT2D eigenvalue weighted by atomic mass is 9.85. The highest BCUT2D eigenvalue weighted by molar-refractivity contribution is 5.73. The Morgan fingerprint density at radius 1 is 1.05 bits per heavy atom. The first-order chi connectivity index (χ1) is 20.1. The van der Waals surface area contributed by atoms with E-state index in [1.807, 2.05) is 26.0 Å². The third-order valence-electron chi connectivity index (χ3n) is 8.91. The Morgan fingerprint density at radius 3 is 2.33 bits per heavy atom. The highest BCUT2D eigenvalue weighted by atomic mass is 16.7. The number of carboxylic acids is 1. The number of carbonyl (C=O) groups excluding carboxylic acids is 1. The van der Waals surface area contributed by atoms with Gasteiger partial charge in [-0.25, -0.2) is 4.79 Å². The van der Waals surface area contributed by atoms with Gasteiger partial charge < -0.3 is 49.2 Å². The summed E-state index contributed by atoms with van der Waals surface area (Å²) < 4.78 is 28.0. The van der Waals surface area contributed by atoms with Gasteiger partial charge in [-0.2, -0.15) is 0 Å². The molecule has 0 bridgehead atoms. The van der Waals surface area contributed by atoms with E-state index < -0.39 is 54.9 Å². The number of rotatable bonds is 13. The minimum Gasteiger partial charge on any atom is -0.479 e. The molecule has 3 saturated heterocycles. The predicted octanol–water partition coefficient (Wildman–Crippen LogP) is 1.71. The summed E-state index contributed by atoms with van der Waals surface area (Å²) in [6.45, 7) is 12.0. The van der Waals surface area contributed by atoms with Crippen molar-refractivity contribution >= 4 is 11.9 Å². The van der Waals surface area contributed by atoms with Gasteiger partial charge in [0, 0.05) is 13.0 Å². The van der Waals surface area contributed by atoms with E-state index in [-0.39, 0.29) is 48.1 Å². The number of ether oxygens (including phenoxy) is 5. The molecule has 3 fully saturated rings. The van der Waals surface area contributed by atoms with Crippen LogP contribution in [0.2, 0.25) is 0 Å². The second kappa shape index (κ2) is 14.9. The average Bonchev–Trinajstić information content (AvgIpc) is 3.59. The van der Waals surface area contributed by atoms with Gasteiger partial charge in [0.25, 0.3) is 0 Å². The Hall–Kier alpha value is -1.90. The zero-order valence-electron chi connectivity index (χ0n) is 26.2. The van der Waals surface area contributed by atoms with Crippen LogP contribution in [0.1, 0.15) is 67.2 Å². The Balaban J connectivity index is 1.51. The number of allylic oxidation sites excluding steroid dienone is 3. The second-order valence-corrected chi connectivity index (χ2v) is 12.8. The zero-order chi connectivity index (χ0) is 32.2. The fraction of sp³-hybridized carbons (Fsp3) is 0.806. The molecule has 0 aromatic carbocycles. The molecule has 12 heteroatoms. The number of aliphatic hydroxyl groups excluding tert-OH is 4. The Kier molecular flexibility index (Phi) is 12.3. The highest BCUT2D eigenvalue weighted by Crippen LogP contribution is 2.47. The van der Waals surface area contributed by atoms with Crippen LogP contribution in [0.5, 0.6) is 0 Å². The zero-order valence-corrected chi connectivity index (χ0v) is 26.2. The van der Waals surface area contributed by atoms with Crippen molar-refractivity contribution in [3.8, 4) is 0 Å². The number of esters is 1. The lowest BCUT2D eigenvalue weighted by molar-refractivity contribution is -0.287. The van der Waals surface area contributed by atoms with Crippen molar-refractivity contribution in [2.45, 2.75) is 134 Å². The molecule has 12 nitrogen and oxygen atoms in total. The van der Waals surface area contributed by atoms with Crippen LogP contribution in [0.15, 0.2) is 23.8 Å². The fourth-order valence-corrected chi connectivity index (χ4v) is 6.53. The van der Waals surface area contributed by atoms with Gasteiger partial charge in [-0.3, -0.25) is 4.79 Å². The molecule has 0 saturated carbocycles. The SMILES string of the molecule is COC(C(C)O)C(C)C1OC1(C)CC(C)/C=C/C=C(\C)C1OC(CC(=O)OC2OC(C(=O)O)C(O)C(O)C2O)CCC1C. The summed E-state index contributed by atoms with van der Waals surface area (Å²) >= 11 is 0. The van der Waals surface area contributed by atoms with E-state index >= 15 is 0 Å². The van der Waals surface area contributed by atoms with E-state index in [4.69, 9.17) is 23.7 Å². The maximum absolute atomic E-state index is 12.6. The molecule has 0 radical (unpaired) electrons. The van der Waals surface area contributed by atoms with Crippen LogP contribution < -0.4 is 0 Å². The van der Waals surface area contributed by atoms with Gasteiger partial charge in [-0.1, -0.05) is 39.0 Å². The maximum Gasteiger partial charge on any atom is 0.335 e. The molecular formula is C31H50O12. The number of aliphatic carboxylic acids is 1. The van der Waals surface area contributed by atoms with E-state index in [9.17, 15) is 35.1 Å². The van der Waals surface area contributed by atoms with Crippen LogP contribution >= 0.6 is 0 Å². The smallest absolute Gasteiger partial charge is 0.335 e. The van der Waals surface area contributed by atoms with Crippen LogP contribution in [0.4, 0.5) is 0 Å². The number of carbonyl (C=O) groups is 2. The molecule has 0 aromatic rings. The summed E-state index contributed by atoms with van der Waals surface area (Å²) in [4.78, 5) is 23.9. The molecule has 3 aliphatic heterocycles. The third-order valence-corrected chi connectivity index (χ3v) is 8.91. The summed E-state index contributed by atoms with van der Waals surface area (Å²) in [5, 5.41) is 49.1. The summed E-state index contributed by atoms with van der Waals surface area (Å²) in [6, 6.07) is 0. The van der Waals surface area contributed by atoms with E-state index in [0.29, 0.717) is 6.42 Å². The van der Waals surface area contributed by atoms with Gasteiger partial charge in [-0.05, 0) is 57.4 Å². The standard InChI is InChI=1S/C31H50O12/c1-15(14-31(6)28(43-31)18(4)26(39-7)19(5)32)9-8-10-16(2)25-17(3)11-12-20(40-25)13-21(33)41-30-24(36)22(34)23(35)27(42-30)29(37)38/h8-10,15,17-20,22-28,30,32,34-36H,11-14H2,1-7H3,(H,37,38)/b9-8+,16-10+. The topological polar surface area (TPSA) is 185 Å². The third kappa shape index (κ3) is 8.85. The monoisotopic (exact) mass is 614 g/mol. The lowest BCUT2D eigenvalue weighted by Gasteiger charge is -2.38. The van der Waals surface area contributed by atoms with E-state index in [2.05, 4.69) is 26.8 Å². The van der Waals surface area contributed by atoms with Crippen molar-refractivity contribution in [2.24, 2.45) is 17.8 Å². The minimum absolute atomic E-state index is 0.0171. The average molecular weight is 615 g/mol. The number of methoxy groups -OCH3 is 1. The van der Waals surface area contributed by atoms with Crippen LogP contribution in [-0.4, -0.2) is 111 Å². The first-order valence-corrected chi connectivity index (χ1v) is 15.1. The van der Waals surface area contributed by atoms with Gasteiger partial charge >= 0.3 is 11.9 Å². The molecule has 43 heavy (non-hydrogen) atoms. The second-order valence-electron chi connectivity index (χ2n) is 12.8. The molecule has 14 atom stereocenters. The van der Waals surface area contributed by atoms with Gasteiger partial charge in [0.1, 0.15) is 18.3 Å². The van der Waals surface area contributed by atoms with Gasteiger partial charge in [-0.15, -0.1) is 0 Å². The predicted molar refractivity (Wildman–Crippen MR) is 154 cm³/mol. The minimum atomic E-state index is -1.87. The number of hydrogen-bond acceptors (Lipinski definition) is 11. The number of hydrogen-bond donors (Lipinski definition) is 5. The van der Waals surface area contributed by atoms with Crippen LogP contribution in [-0.2, 0) is 33.3 Å². The number of aliphatic hydroxyl groups is 4. The fourth-order valence-electron chi connectivity index (χ4n) is 6.53. The molecule has 3 rings (SSSR count). The number of epoxide rings is 1. The normalized spacial score (nSPS) is 39.6. The Bertz CT molecular complexity index is 1010. The van der Waals surface area contributed by atoms with Crippen molar-refractivity contribution in [2.75, 3.05) is 7.11 Å². The molecule has 3 aliphatic rings. The molecule has 0 aliphatic carbocycles. The van der Waals surface area contributed by atoms with E-state index in [1.54, 1.807) is 14.0 Å². The molecular weight excluding hydrogens is 564 g/mol. The molecule has 246 valence electrons. The quantitative estimate of drug-likeness (QED) is 0.115. The summed E-state index contributed by atoms with van der Waals surface area (Å²) in [5.74, 6) is -1.82. The van der Waals surface area contributed by atoms with Crippen molar-refractivity contribution in [1.82, 2.24) is 0 Å². The Labute approximate surface area is 253 Å². The van der Waals surface area contributed by atoms with Crippen molar-refractivity contribution in [3.05, 3.63) is 23.8 Å². The van der Waals surface area contributed by atoms with Gasteiger partial charge in [0.15, 0.2) is 6.10 Å². The molecule has 0 amide bonds. The lowest BCUT2D eigenvalue weighted by Crippen LogP contribution is -2.60. The number of carboxylic acid groups (broad SMARTS) is 1. The van der Waals surface area contributed by atoms with Gasteiger partial charge in [0.2, 0.25) is 6.29 Å². The molecule has 0 aromatic heterocycles. The van der Waals surface area contributed by atoms with Crippen molar-refractivity contribution in [1.29, 1.82) is 0 Å². The van der Waals surface area contributed by atoms with Crippen molar-refractivity contribution < 1.29 is 58.8 Å². The van der Waals surface area contributed by atoms with Crippen molar-refractivity contribution in [3.63, 3.8) is 0 Å². The molecule has 0 spiro atoms. The molecule has 14 unspecified atom stereocenters. The van der Waals surface area contributed by atoms with E-state index in [0.717, 1.165) is 18.4 Å². The van der Waals surface area contributed by atoms with Crippen LogP contribution in [0, 0.1) is 17.8 Å². The first kappa shape index (κ1) is 35.6. The Morgan fingerprint density at radius 2 is 1.72 bits per heavy atom.